The lowest BCUT2D eigenvalue weighted by Crippen LogP contribution is -2.49. The van der Waals surface area contributed by atoms with Crippen LogP contribution in [0.5, 0.6) is 5.75 Å². The van der Waals surface area contributed by atoms with E-state index in [9.17, 15) is 9.00 Å². The van der Waals surface area contributed by atoms with Gasteiger partial charge >= 0.3 is 0 Å². The standard InChI is InChI=1S/C32H39N2O4S/c1-22-9-13-27-23(17-22)7-6-15-32(27)20-34-19-25-10-12-26(25)29(37-2)8-4-3-5-16-39(36)33-31(35)24-11-14-30(38-21-32)28(34)18-24/h4,8-9,11,13-14,17-18,25-26,29H,3,5-7,10,12,15-16,19-21H2,1-2H3/q-1/b8-4+/t25-,26+,29-,32-/m0/s1. The number of allylic oxidation sites excluding steroid dienone is 1. The number of methoxy groups -OCH3 is 1. The first-order valence-electron chi connectivity index (χ1n) is 14.4. The highest BCUT2D eigenvalue weighted by atomic mass is 32.2. The molecule has 208 valence electrons. The summed E-state index contributed by atoms with van der Waals surface area (Å²) in [5.74, 6) is 1.72. The Morgan fingerprint density at radius 1 is 1.15 bits per heavy atom. The molecule has 4 aliphatic rings. The smallest absolute Gasteiger partial charge is 0.254 e. The van der Waals surface area contributed by atoms with Crippen LogP contribution in [-0.2, 0) is 31.4 Å². The molecule has 0 saturated heterocycles. The molecule has 2 aromatic rings. The number of hydrogen-bond acceptors (Lipinski definition) is 6. The number of aryl methyl sites for hydroxylation is 2. The summed E-state index contributed by atoms with van der Waals surface area (Å²) in [6, 6.07) is 12.5. The summed E-state index contributed by atoms with van der Waals surface area (Å²) in [6.45, 7) is 4.51. The number of nitrogens with zero attached hydrogens (tertiary/aromatic N) is 2. The molecular formula is C32H39N2O4S-. The van der Waals surface area contributed by atoms with E-state index in [2.05, 4.69) is 46.5 Å². The molecule has 2 heterocycles. The van der Waals surface area contributed by atoms with E-state index in [4.69, 9.17) is 9.47 Å². The van der Waals surface area contributed by atoms with E-state index in [0.717, 1.165) is 63.1 Å². The van der Waals surface area contributed by atoms with Gasteiger partial charge < -0.3 is 22.9 Å². The molecule has 1 saturated carbocycles. The molecule has 0 aromatic heterocycles. The normalized spacial score (nSPS) is 30.3. The Bertz CT molecular complexity index is 1360. The fourth-order valence-corrected chi connectivity index (χ4v) is 7.88. The monoisotopic (exact) mass is 547 g/mol. The number of ether oxygens (including phenoxy) is 2. The Morgan fingerprint density at radius 2 is 2.05 bits per heavy atom. The number of fused-ring (bicyclic) bond motifs is 4. The number of rotatable bonds is 1. The van der Waals surface area contributed by atoms with Gasteiger partial charge in [-0.1, -0.05) is 48.1 Å². The van der Waals surface area contributed by atoms with Gasteiger partial charge in [0.05, 0.1) is 18.4 Å². The first-order valence-corrected chi connectivity index (χ1v) is 15.7. The third-order valence-electron chi connectivity index (χ3n) is 9.30. The van der Waals surface area contributed by atoms with Crippen LogP contribution in [0.4, 0.5) is 5.69 Å². The lowest BCUT2D eigenvalue weighted by Gasteiger charge is -2.46. The van der Waals surface area contributed by atoms with E-state index in [1.165, 1.54) is 23.1 Å². The highest BCUT2D eigenvalue weighted by Crippen LogP contribution is 2.46. The first-order chi connectivity index (χ1) is 19.0. The van der Waals surface area contributed by atoms with Crippen molar-refractivity contribution in [1.82, 2.24) is 0 Å². The first kappa shape index (κ1) is 26.6. The van der Waals surface area contributed by atoms with E-state index in [1.54, 1.807) is 13.2 Å². The van der Waals surface area contributed by atoms with Crippen molar-refractivity contribution in [2.75, 3.05) is 37.5 Å². The number of amides is 1. The van der Waals surface area contributed by atoms with Gasteiger partial charge in [0.2, 0.25) is 0 Å². The quantitative estimate of drug-likeness (QED) is 0.317. The number of anilines is 1. The maximum atomic E-state index is 13.0. The van der Waals surface area contributed by atoms with Gasteiger partial charge in [-0.3, -0.25) is 4.79 Å². The minimum atomic E-state index is -1.54. The van der Waals surface area contributed by atoms with E-state index >= 15 is 0 Å². The van der Waals surface area contributed by atoms with Gasteiger partial charge in [-0.25, -0.2) is 0 Å². The van der Waals surface area contributed by atoms with Gasteiger partial charge in [0, 0.05) is 31.2 Å². The second kappa shape index (κ2) is 11.1. The van der Waals surface area contributed by atoms with Crippen molar-refractivity contribution in [3.05, 3.63) is 70.8 Å². The summed E-state index contributed by atoms with van der Waals surface area (Å²) in [5.41, 5.74) is 5.45. The van der Waals surface area contributed by atoms with Gasteiger partial charge in [0.25, 0.3) is 5.91 Å². The molecule has 1 spiro atoms. The number of carbonyl (C=O) groups is 1. The van der Waals surface area contributed by atoms with Crippen LogP contribution in [0.25, 0.3) is 0 Å². The van der Waals surface area contributed by atoms with Crippen LogP contribution in [0.15, 0.2) is 52.9 Å². The van der Waals surface area contributed by atoms with E-state index < -0.39 is 16.5 Å². The molecular weight excluding hydrogens is 508 g/mol. The van der Waals surface area contributed by atoms with Gasteiger partial charge in [-0.05, 0) is 86.6 Å². The highest BCUT2D eigenvalue weighted by Gasteiger charge is 2.44. The summed E-state index contributed by atoms with van der Waals surface area (Å²) < 4.78 is 29.1. The molecule has 2 bridgehead atoms. The van der Waals surface area contributed by atoms with Crippen LogP contribution < -0.4 is 9.64 Å². The molecule has 2 aromatic carbocycles. The van der Waals surface area contributed by atoms with E-state index in [0.29, 0.717) is 29.8 Å². The molecule has 4 atom stereocenters. The van der Waals surface area contributed by atoms with Gasteiger partial charge in [-0.2, -0.15) is 10.6 Å². The number of carbonyl (C=O) groups excluding carboxylic acids is 1. The zero-order valence-electron chi connectivity index (χ0n) is 23.1. The van der Waals surface area contributed by atoms with Crippen molar-refractivity contribution in [2.24, 2.45) is 16.2 Å². The summed E-state index contributed by atoms with van der Waals surface area (Å²) in [6.07, 6.45) is 11.6. The molecule has 2 aliphatic heterocycles. The molecule has 7 heteroatoms. The van der Waals surface area contributed by atoms with Crippen LogP contribution in [0, 0.1) is 18.8 Å². The third kappa shape index (κ3) is 5.28. The highest BCUT2D eigenvalue weighted by molar-refractivity contribution is 7.75. The largest absolute Gasteiger partial charge is 0.490 e. The van der Waals surface area contributed by atoms with Crippen molar-refractivity contribution in [3.63, 3.8) is 0 Å². The molecule has 0 radical (unpaired) electrons. The summed E-state index contributed by atoms with van der Waals surface area (Å²) in [5, 5.41) is 0. The Labute approximate surface area is 234 Å². The SMILES string of the molecule is CO[C@H]1/C=C/CCC[S-](=O)=NC(=O)c2ccc3c(c2)N(C[C@@H]2CC[C@H]21)C[C@@]1(CCCc2cc(C)ccc21)CO3. The molecule has 1 amide bonds. The van der Waals surface area contributed by atoms with Crippen molar-refractivity contribution >= 4 is 22.2 Å². The Balaban J connectivity index is 1.43. The van der Waals surface area contributed by atoms with E-state index in [1.807, 2.05) is 12.1 Å². The molecule has 6 nitrogen and oxygen atoms in total. The molecule has 2 aliphatic carbocycles. The number of hydrogen-bond donors (Lipinski definition) is 0. The second-order valence-corrected chi connectivity index (χ2v) is 13.1. The molecule has 0 N–H and O–H groups in total. The fraction of sp³-hybridized carbons (Fsp3) is 0.531. The molecule has 6 rings (SSSR count). The van der Waals surface area contributed by atoms with Gasteiger partial charge in [0.15, 0.2) is 0 Å². The van der Waals surface area contributed by atoms with Crippen molar-refractivity contribution in [3.8, 4) is 5.75 Å². The van der Waals surface area contributed by atoms with Crippen LogP contribution in [0.1, 0.15) is 65.6 Å². The average Bonchev–Trinajstić information content (AvgIpc) is 3.06. The average molecular weight is 548 g/mol. The van der Waals surface area contributed by atoms with Crippen molar-refractivity contribution in [1.29, 1.82) is 0 Å². The lowest BCUT2D eigenvalue weighted by molar-refractivity contribution is 0.0132. The van der Waals surface area contributed by atoms with E-state index in [-0.39, 0.29) is 11.5 Å². The van der Waals surface area contributed by atoms with Gasteiger partial charge in [0.1, 0.15) is 5.75 Å². The zero-order chi connectivity index (χ0) is 27.0. The van der Waals surface area contributed by atoms with Crippen LogP contribution in [0.3, 0.4) is 0 Å². The molecule has 0 unspecified atom stereocenters. The van der Waals surface area contributed by atoms with Crippen molar-refractivity contribution < 1.29 is 18.5 Å². The lowest BCUT2D eigenvalue weighted by atomic mass is 9.68. The second-order valence-electron chi connectivity index (χ2n) is 11.8. The Morgan fingerprint density at radius 3 is 2.87 bits per heavy atom. The minimum absolute atomic E-state index is 0.0785. The predicted molar refractivity (Wildman–Crippen MR) is 155 cm³/mol. The van der Waals surface area contributed by atoms with Crippen LogP contribution >= 0.6 is 0 Å². The van der Waals surface area contributed by atoms with Crippen LogP contribution in [0.2, 0.25) is 0 Å². The Kier molecular flexibility index (Phi) is 7.56. The fourth-order valence-electron chi connectivity index (χ4n) is 7.09. The zero-order valence-corrected chi connectivity index (χ0v) is 23.9. The minimum Gasteiger partial charge on any atom is -0.490 e. The molecule has 39 heavy (non-hydrogen) atoms. The Hall–Kier alpha value is -2.64. The molecule has 1 fully saturated rings. The number of benzene rings is 2. The van der Waals surface area contributed by atoms with Crippen molar-refractivity contribution in [2.45, 2.75) is 63.4 Å². The topological polar surface area (TPSA) is 68.2 Å². The maximum Gasteiger partial charge on any atom is 0.254 e. The summed E-state index contributed by atoms with van der Waals surface area (Å²) in [4.78, 5) is 15.5. The van der Waals surface area contributed by atoms with Gasteiger partial charge in [-0.15, -0.1) is 0 Å². The van der Waals surface area contributed by atoms with Crippen LogP contribution in [-0.4, -0.2) is 44.6 Å². The summed E-state index contributed by atoms with van der Waals surface area (Å²) in [7, 11) is 0.265. The summed E-state index contributed by atoms with van der Waals surface area (Å²) >= 11 is 0. The predicted octanol–water partition coefficient (Wildman–Crippen LogP) is 6.15. The third-order valence-corrected chi connectivity index (χ3v) is 10.3. The maximum absolute atomic E-state index is 13.0.